The number of imidazole rings is 1. The second-order valence-electron chi connectivity index (χ2n) is 7.12. The van der Waals surface area contributed by atoms with Crippen LogP contribution in [0.2, 0.25) is 5.15 Å². The largest absolute Gasteiger partial charge is 0.390 e. The molecule has 3 aliphatic rings. The van der Waals surface area contributed by atoms with Crippen LogP contribution in [-0.4, -0.2) is 43.0 Å². The van der Waals surface area contributed by atoms with Gasteiger partial charge in [0.05, 0.1) is 24.2 Å². The number of aromatic nitrogens is 3. The molecule has 122 valence electrons. The fraction of sp³-hybridized carbons (Fsp3) is 0.625. The van der Waals surface area contributed by atoms with Crippen LogP contribution in [0, 0.1) is 11.8 Å². The lowest BCUT2D eigenvalue weighted by molar-refractivity contribution is 0.00386. The lowest BCUT2D eigenvalue weighted by atomic mass is 9.93. The summed E-state index contributed by atoms with van der Waals surface area (Å²) < 4.78 is 1.90. The molecule has 0 radical (unpaired) electrons. The first kappa shape index (κ1) is 14.0. The van der Waals surface area contributed by atoms with Gasteiger partial charge < -0.3 is 20.1 Å². The Morgan fingerprint density at radius 3 is 2.70 bits per heavy atom. The number of fused-ring (bicyclic) bond motifs is 2. The summed E-state index contributed by atoms with van der Waals surface area (Å²) in [6.45, 7) is 0. The highest BCUT2D eigenvalue weighted by atomic mass is 35.5. The van der Waals surface area contributed by atoms with Crippen LogP contribution in [0.5, 0.6) is 0 Å². The van der Waals surface area contributed by atoms with Crippen molar-refractivity contribution in [2.24, 2.45) is 11.8 Å². The topological polar surface area (TPSA) is 83.2 Å². The minimum atomic E-state index is -0.764. The summed E-state index contributed by atoms with van der Waals surface area (Å²) in [5.41, 5.74) is 2.37. The Bertz CT molecular complexity index is 775. The fourth-order valence-electron chi connectivity index (χ4n) is 4.18. The van der Waals surface area contributed by atoms with Crippen molar-refractivity contribution in [2.75, 3.05) is 5.32 Å². The first-order valence-electron chi connectivity index (χ1n) is 8.29. The Morgan fingerprint density at radius 2 is 2.04 bits per heavy atom. The maximum atomic E-state index is 10.3. The van der Waals surface area contributed by atoms with Crippen LogP contribution in [0.4, 0.5) is 5.69 Å². The van der Waals surface area contributed by atoms with Crippen molar-refractivity contribution in [3.63, 3.8) is 0 Å². The molecule has 23 heavy (non-hydrogen) atoms. The smallest absolute Gasteiger partial charge is 0.164 e. The molecule has 0 unspecified atom stereocenters. The molecule has 0 amide bonds. The third kappa shape index (κ3) is 2.01. The summed E-state index contributed by atoms with van der Waals surface area (Å²) >= 11 is 6.21. The Hall–Kier alpha value is -1.37. The summed E-state index contributed by atoms with van der Waals surface area (Å²) in [6, 6.07) is 2.13. The number of aliphatic hydroxyl groups is 2. The third-order valence-electron chi connectivity index (χ3n) is 5.75. The van der Waals surface area contributed by atoms with Gasteiger partial charge in [-0.3, -0.25) is 0 Å². The molecular weight excluding hydrogens is 316 g/mol. The van der Waals surface area contributed by atoms with Gasteiger partial charge in [0, 0.05) is 12.1 Å². The molecule has 0 bridgehead atoms. The molecule has 0 aromatic carbocycles. The van der Waals surface area contributed by atoms with Gasteiger partial charge in [0.2, 0.25) is 0 Å². The molecule has 3 N–H and O–H groups in total. The second-order valence-corrected chi connectivity index (χ2v) is 7.51. The van der Waals surface area contributed by atoms with Crippen LogP contribution < -0.4 is 5.32 Å². The second kappa shape index (κ2) is 4.82. The molecule has 3 fully saturated rings. The number of nitrogens with one attached hydrogen (secondary N) is 1. The van der Waals surface area contributed by atoms with E-state index in [1.165, 1.54) is 19.3 Å². The number of rotatable bonds is 3. The maximum Gasteiger partial charge on any atom is 0.164 e. The van der Waals surface area contributed by atoms with Crippen molar-refractivity contribution in [3.05, 3.63) is 17.5 Å². The average molecular weight is 335 g/mol. The minimum Gasteiger partial charge on any atom is -0.390 e. The van der Waals surface area contributed by atoms with Crippen LogP contribution in [0.25, 0.3) is 11.2 Å². The lowest BCUT2D eigenvalue weighted by Gasteiger charge is -2.27. The van der Waals surface area contributed by atoms with Crippen molar-refractivity contribution in [2.45, 2.75) is 50.0 Å². The van der Waals surface area contributed by atoms with Gasteiger partial charge in [0.15, 0.2) is 5.65 Å². The number of pyridine rings is 1. The van der Waals surface area contributed by atoms with Crippen LogP contribution in [0.1, 0.15) is 31.7 Å². The fourth-order valence-corrected chi connectivity index (χ4v) is 4.37. The van der Waals surface area contributed by atoms with Crippen molar-refractivity contribution in [3.8, 4) is 0 Å². The van der Waals surface area contributed by atoms with Gasteiger partial charge in [0.1, 0.15) is 16.8 Å². The molecule has 0 saturated heterocycles. The van der Waals surface area contributed by atoms with Gasteiger partial charge in [-0.05, 0) is 37.5 Å². The number of halogens is 1. The zero-order chi connectivity index (χ0) is 15.7. The van der Waals surface area contributed by atoms with Gasteiger partial charge in [0.25, 0.3) is 0 Å². The molecule has 2 aromatic rings. The van der Waals surface area contributed by atoms with Gasteiger partial charge in [-0.15, -0.1) is 0 Å². The molecule has 6 nitrogen and oxygen atoms in total. The zero-order valence-electron chi connectivity index (χ0n) is 12.6. The number of aliphatic hydroxyl groups excluding tert-OH is 2. The van der Waals surface area contributed by atoms with E-state index in [1.807, 2.05) is 10.6 Å². The molecule has 7 heteroatoms. The van der Waals surface area contributed by atoms with E-state index in [2.05, 4.69) is 15.3 Å². The molecule has 3 saturated carbocycles. The van der Waals surface area contributed by atoms with Crippen molar-refractivity contribution >= 4 is 28.5 Å². The maximum absolute atomic E-state index is 10.3. The Balaban J connectivity index is 1.58. The SMILES string of the molecule is O[C@@H]1[C@H](O)[C@@H]2C[C@@H]2[C@H]1n1cnc2c(NC3CCC3)cc(Cl)nc21. The standard InChI is InChI=1S/C16H19ClN4O2/c17-11-5-10(19-7-2-1-3-7)12-16(20-11)21(6-18-12)13-8-4-9(8)14(22)15(13)23/h5-9,13-15,22-23H,1-4H2,(H,19,20)/t8-,9+,13+,14+,15-/m0/s1. The van der Waals surface area contributed by atoms with Crippen LogP contribution in [0.15, 0.2) is 12.4 Å². The van der Waals surface area contributed by atoms with E-state index in [0.29, 0.717) is 22.8 Å². The van der Waals surface area contributed by atoms with E-state index in [-0.39, 0.29) is 12.0 Å². The van der Waals surface area contributed by atoms with Gasteiger partial charge in [-0.1, -0.05) is 11.6 Å². The quantitative estimate of drug-likeness (QED) is 0.747. The van der Waals surface area contributed by atoms with Gasteiger partial charge >= 0.3 is 0 Å². The summed E-state index contributed by atoms with van der Waals surface area (Å²) in [5.74, 6) is 0.514. The molecule has 2 heterocycles. The normalized spacial score (nSPS) is 36.0. The minimum absolute atomic E-state index is 0.164. The molecule has 0 aliphatic heterocycles. The molecular formula is C16H19ClN4O2. The highest BCUT2D eigenvalue weighted by molar-refractivity contribution is 6.30. The molecule has 5 atom stereocenters. The van der Waals surface area contributed by atoms with Crippen molar-refractivity contribution in [1.29, 1.82) is 0 Å². The van der Waals surface area contributed by atoms with Crippen molar-refractivity contribution < 1.29 is 10.2 Å². The van der Waals surface area contributed by atoms with E-state index in [9.17, 15) is 10.2 Å². The van der Waals surface area contributed by atoms with E-state index in [4.69, 9.17) is 11.6 Å². The van der Waals surface area contributed by atoms with Gasteiger partial charge in [-0.25, -0.2) is 9.97 Å². The van der Waals surface area contributed by atoms with E-state index >= 15 is 0 Å². The molecule has 5 rings (SSSR count). The van der Waals surface area contributed by atoms with Gasteiger partial charge in [-0.2, -0.15) is 0 Å². The number of anilines is 1. The number of nitrogens with zero attached hydrogens (tertiary/aromatic N) is 3. The Morgan fingerprint density at radius 1 is 1.22 bits per heavy atom. The van der Waals surface area contributed by atoms with Crippen LogP contribution in [-0.2, 0) is 0 Å². The molecule has 0 spiro atoms. The lowest BCUT2D eigenvalue weighted by Crippen LogP contribution is -2.31. The van der Waals surface area contributed by atoms with E-state index in [0.717, 1.165) is 17.6 Å². The van der Waals surface area contributed by atoms with Crippen LogP contribution in [0.3, 0.4) is 0 Å². The highest BCUT2D eigenvalue weighted by Gasteiger charge is 2.60. The van der Waals surface area contributed by atoms with E-state index in [1.54, 1.807) is 6.33 Å². The first-order chi connectivity index (χ1) is 11.1. The first-order valence-corrected chi connectivity index (χ1v) is 8.67. The number of hydrogen-bond donors (Lipinski definition) is 3. The third-order valence-corrected chi connectivity index (χ3v) is 5.95. The molecule has 3 aliphatic carbocycles. The highest BCUT2D eigenvalue weighted by Crippen LogP contribution is 2.58. The molecule has 2 aromatic heterocycles. The summed E-state index contributed by atoms with van der Waals surface area (Å²) in [6.07, 6.45) is 4.86. The average Bonchev–Trinajstić information content (AvgIpc) is 3.09. The predicted octanol–water partition coefficient (Wildman–Crippen LogP) is 1.96. The summed E-state index contributed by atoms with van der Waals surface area (Å²) in [5, 5.41) is 24.3. The Labute approximate surface area is 138 Å². The van der Waals surface area contributed by atoms with Crippen molar-refractivity contribution in [1.82, 2.24) is 14.5 Å². The number of hydrogen-bond acceptors (Lipinski definition) is 5. The predicted molar refractivity (Wildman–Crippen MR) is 86.4 cm³/mol. The zero-order valence-corrected chi connectivity index (χ0v) is 13.3. The Kier molecular flexibility index (Phi) is 2.93. The van der Waals surface area contributed by atoms with E-state index < -0.39 is 12.2 Å². The monoisotopic (exact) mass is 334 g/mol. The summed E-state index contributed by atoms with van der Waals surface area (Å²) in [7, 11) is 0. The summed E-state index contributed by atoms with van der Waals surface area (Å²) in [4.78, 5) is 8.95. The van der Waals surface area contributed by atoms with Crippen LogP contribution >= 0.6 is 11.6 Å².